The summed E-state index contributed by atoms with van der Waals surface area (Å²) in [6, 6.07) is 14.4. The van der Waals surface area contributed by atoms with Crippen molar-refractivity contribution in [2.75, 3.05) is 26.3 Å². The lowest BCUT2D eigenvalue weighted by Gasteiger charge is -2.34. The summed E-state index contributed by atoms with van der Waals surface area (Å²) in [5.74, 6) is -0.255. The van der Waals surface area contributed by atoms with Gasteiger partial charge in [0.25, 0.3) is 0 Å². The average Bonchev–Trinajstić information content (AvgIpc) is 2.65. The summed E-state index contributed by atoms with van der Waals surface area (Å²) in [5.41, 5.74) is 5.21. The monoisotopic (exact) mass is 353 g/mol. The van der Waals surface area contributed by atoms with Crippen LogP contribution in [0.25, 0.3) is 0 Å². The summed E-state index contributed by atoms with van der Waals surface area (Å²) in [4.78, 5) is 14.5. The quantitative estimate of drug-likeness (QED) is 0.760. The number of hydrogen-bond acceptors (Lipinski definition) is 4. The van der Waals surface area contributed by atoms with Gasteiger partial charge in [0.05, 0.1) is 24.9 Å². The highest BCUT2D eigenvalue weighted by Gasteiger charge is 2.25. The molecule has 4 heteroatoms. The molecule has 1 fully saturated rings. The number of ether oxygens (including phenoxy) is 2. The zero-order chi connectivity index (χ0) is 18.5. The second-order valence-corrected chi connectivity index (χ2v) is 6.75. The van der Waals surface area contributed by atoms with E-state index in [1.54, 1.807) is 0 Å². The Hall–Kier alpha value is -2.17. The molecular formula is C22H27NO3. The third-order valence-electron chi connectivity index (χ3n) is 5.07. The van der Waals surface area contributed by atoms with Crippen molar-refractivity contribution in [3.8, 4) is 0 Å². The van der Waals surface area contributed by atoms with Crippen molar-refractivity contribution in [2.45, 2.75) is 33.4 Å². The highest BCUT2D eigenvalue weighted by atomic mass is 16.5. The molecule has 0 amide bonds. The second-order valence-electron chi connectivity index (χ2n) is 6.75. The normalized spacial score (nSPS) is 17.9. The Kier molecular flexibility index (Phi) is 6.07. The van der Waals surface area contributed by atoms with Crippen LogP contribution in [-0.2, 0) is 16.0 Å². The number of morpholine rings is 1. The third kappa shape index (κ3) is 4.14. The van der Waals surface area contributed by atoms with Gasteiger partial charge < -0.3 is 9.47 Å². The molecule has 0 aromatic heterocycles. The van der Waals surface area contributed by atoms with E-state index in [2.05, 4.69) is 36.1 Å². The van der Waals surface area contributed by atoms with E-state index in [4.69, 9.17) is 9.47 Å². The minimum absolute atomic E-state index is 0.0300. The van der Waals surface area contributed by atoms with E-state index in [1.807, 2.05) is 32.0 Å². The van der Waals surface area contributed by atoms with Gasteiger partial charge in [-0.15, -0.1) is 0 Å². The van der Waals surface area contributed by atoms with E-state index in [0.29, 0.717) is 12.2 Å². The van der Waals surface area contributed by atoms with Crippen LogP contribution >= 0.6 is 0 Å². The molecule has 2 aromatic carbocycles. The Morgan fingerprint density at radius 2 is 1.92 bits per heavy atom. The van der Waals surface area contributed by atoms with Crippen LogP contribution < -0.4 is 0 Å². The Bertz CT molecular complexity index is 757. The Morgan fingerprint density at radius 3 is 2.65 bits per heavy atom. The van der Waals surface area contributed by atoms with Gasteiger partial charge in [0.15, 0.2) is 0 Å². The lowest BCUT2D eigenvalue weighted by Crippen LogP contribution is -2.38. The molecule has 3 rings (SSSR count). The van der Waals surface area contributed by atoms with Gasteiger partial charge >= 0.3 is 5.97 Å². The molecule has 0 unspecified atom stereocenters. The maximum atomic E-state index is 12.1. The number of carbonyl (C=O) groups is 1. The molecule has 0 bridgehead atoms. The zero-order valence-corrected chi connectivity index (χ0v) is 15.8. The first-order chi connectivity index (χ1) is 12.6. The van der Waals surface area contributed by atoms with Crippen molar-refractivity contribution in [1.82, 2.24) is 4.90 Å². The minimum Gasteiger partial charge on any atom is -0.462 e. The molecule has 2 aromatic rings. The summed E-state index contributed by atoms with van der Waals surface area (Å²) in [7, 11) is 0. The van der Waals surface area contributed by atoms with Crippen molar-refractivity contribution < 1.29 is 14.3 Å². The minimum atomic E-state index is -0.255. The smallest absolute Gasteiger partial charge is 0.338 e. The van der Waals surface area contributed by atoms with E-state index in [9.17, 15) is 4.79 Å². The second kappa shape index (κ2) is 8.47. The van der Waals surface area contributed by atoms with Crippen molar-refractivity contribution in [1.29, 1.82) is 0 Å². The first-order valence-electron chi connectivity index (χ1n) is 9.25. The molecule has 4 nitrogen and oxygen atoms in total. The van der Waals surface area contributed by atoms with Gasteiger partial charge in [0.1, 0.15) is 0 Å². The maximum Gasteiger partial charge on any atom is 0.338 e. The molecule has 0 aliphatic carbocycles. The van der Waals surface area contributed by atoms with Crippen LogP contribution in [0.2, 0.25) is 0 Å². The number of rotatable bonds is 5. The molecule has 0 N–H and O–H groups in total. The fourth-order valence-electron chi connectivity index (χ4n) is 3.50. The highest BCUT2D eigenvalue weighted by Crippen LogP contribution is 2.29. The van der Waals surface area contributed by atoms with Gasteiger partial charge in [-0.3, -0.25) is 4.90 Å². The van der Waals surface area contributed by atoms with Crippen LogP contribution in [0.4, 0.5) is 0 Å². The molecule has 1 aliphatic heterocycles. The molecule has 26 heavy (non-hydrogen) atoms. The van der Waals surface area contributed by atoms with Crippen LogP contribution in [0, 0.1) is 13.8 Å². The third-order valence-corrected chi connectivity index (χ3v) is 5.07. The van der Waals surface area contributed by atoms with Crippen LogP contribution in [0.1, 0.15) is 45.6 Å². The van der Waals surface area contributed by atoms with Crippen LogP contribution in [0.5, 0.6) is 0 Å². The fourth-order valence-corrected chi connectivity index (χ4v) is 3.50. The van der Waals surface area contributed by atoms with Crippen LogP contribution in [-0.4, -0.2) is 37.2 Å². The van der Waals surface area contributed by atoms with Crippen molar-refractivity contribution in [3.05, 3.63) is 70.3 Å². The lowest BCUT2D eigenvalue weighted by molar-refractivity contribution is -0.0332. The summed E-state index contributed by atoms with van der Waals surface area (Å²) >= 11 is 0. The van der Waals surface area contributed by atoms with Crippen molar-refractivity contribution >= 4 is 5.97 Å². The fraction of sp³-hybridized carbons (Fsp3) is 0.409. The van der Waals surface area contributed by atoms with Gasteiger partial charge in [-0.2, -0.15) is 0 Å². The highest BCUT2D eigenvalue weighted by molar-refractivity contribution is 5.91. The van der Waals surface area contributed by atoms with Crippen molar-refractivity contribution in [2.24, 2.45) is 0 Å². The molecule has 138 valence electrons. The molecule has 0 saturated carbocycles. The SMILES string of the molecule is CCOC(=O)c1ccc([C@H]2CN(Cc3ccccc3)CCO2)c(C)c1C. The predicted molar refractivity (Wildman–Crippen MR) is 102 cm³/mol. The molecule has 1 saturated heterocycles. The van der Waals surface area contributed by atoms with Crippen molar-refractivity contribution in [3.63, 3.8) is 0 Å². The van der Waals surface area contributed by atoms with Gasteiger partial charge in [0.2, 0.25) is 0 Å². The molecule has 1 aliphatic rings. The standard InChI is InChI=1S/C22H27NO3/c1-4-25-22(24)20-11-10-19(16(2)17(20)3)21-15-23(12-13-26-21)14-18-8-6-5-7-9-18/h5-11,21H,4,12-15H2,1-3H3/t21-/m1/s1. The number of hydrogen-bond donors (Lipinski definition) is 0. The molecular weight excluding hydrogens is 326 g/mol. The average molecular weight is 353 g/mol. The molecule has 0 spiro atoms. The van der Waals surface area contributed by atoms with E-state index in [0.717, 1.165) is 42.9 Å². The number of benzene rings is 2. The summed E-state index contributed by atoms with van der Waals surface area (Å²) in [6.07, 6.45) is 0.0300. The predicted octanol–water partition coefficient (Wildman–Crippen LogP) is 4.05. The lowest BCUT2D eigenvalue weighted by atomic mass is 9.94. The van der Waals surface area contributed by atoms with Gasteiger partial charge in [-0.25, -0.2) is 4.79 Å². The Labute approximate surface area is 155 Å². The van der Waals surface area contributed by atoms with Crippen LogP contribution in [0.3, 0.4) is 0 Å². The zero-order valence-electron chi connectivity index (χ0n) is 15.8. The largest absolute Gasteiger partial charge is 0.462 e. The first-order valence-corrected chi connectivity index (χ1v) is 9.25. The molecule has 1 heterocycles. The van der Waals surface area contributed by atoms with E-state index < -0.39 is 0 Å². The topological polar surface area (TPSA) is 38.8 Å². The van der Waals surface area contributed by atoms with Gasteiger partial charge in [-0.05, 0) is 49.1 Å². The van der Waals surface area contributed by atoms with E-state index in [-0.39, 0.29) is 12.1 Å². The number of nitrogens with zero attached hydrogens (tertiary/aromatic N) is 1. The molecule has 1 atom stereocenters. The number of esters is 1. The Balaban J connectivity index is 1.76. The van der Waals surface area contributed by atoms with Gasteiger partial charge in [-0.1, -0.05) is 36.4 Å². The van der Waals surface area contributed by atoms with E-state index in [1.165, 1.54) is 5.56 Å². The van der Waals surface area contributed by atoms with Gasteiger partial charge in [0, 0.05) is 19.6 Å². The first kappa shape index (κ1) is 18.6. The van der Waals surface area contributed by atoms with Crippen LogP contribution in [0.15, 0.2) is 42.5 Å². The van der Waals surface area contributed by atoms with E-state index >= 15 is 0 Å². The number of carbonyl (C=O) groups excluding carboxylic acids is 1. The maximum absolute atomic E-state index is 12.1. The Morgan fingerprint density at radius 1 is 1.15 bits per heavy atom. The summed E-state index contributed by atoms with van der Waals surface area (Å²) in [6.45, 7) is 9.70. The summed E-state index contributed by atoms with van der Waals surface area (Å²) in [5, 5.41) is 0. The summed E-state index contributed by atoms with van der Waals surface area (Å²) < 4.78 is 11.2. The molecule has 0 radical (unpaired) electrons.